The van der Waals surface area contributed by atoms with Gasteiger partial charge in [0.1, 0.15) is 5.82 Å². The first-order valence-electron chi connectivity index (χ1n) is 10.2. The van der Waals surface area contributed by atoms with E-state index >= 15 is 0 Å². The molecule has 0 bridgehead atoms. The van der Waals surface area contributed by atoms with Gasteiger partial charge in [0.2, 0.25) is 0 Å². The van der Waals surface area contributed by atoms with Crippen molar-refractivity contribution >= 4 is 29.4 Å². The van der Waals surface area contributed by atoms with Crippen LogP contribution in [0.3, 0.4) is 0 Å². The minimum Gasteiger partial charge on any atom is -0.452 e. The fraction of sp³-hybridized carbons (Fsp3) is 0.304. The summed E-state index contributed by atoms with van der Waals surface area (Å²) in [6.07, 6.45) is 4.66. The van der Waals surface area contributed by atoms with Gasteiger partial charge in [0.15, 0.2) is 6.61 Å². The van der Waals surface area contributed by atoms with Gasteiger partial charge in [-0.1, -0.05) is 19.3 Å². The molecule has 160 valence electrons. The first-order valence-corrected chi connectivity index (χ1v) is 10.2. The highest BCUT2D eigenvalue weighted by atomic mass is 19.1. The SMILES string of the molecule is O=C(COC(=O)c1ccc2c(c1)C(=O)N(C1CCCCC1)C2=O)Nc1ccc(F)cc1. The summed E-state index contributed by atoms with van der Waals surface area (Å²) in [7, 11) is 0. The van der Waals surface area contributed by atoms with Crippen LogP contribution in [0.4, 0.5) is 10.1 Å². The molecule has 1 saturated carbocycles. The Kier molecular flexibility index (Phi) is 5.79. The number of imide groups is 1. The summed E-state index contributed by atoms with van der Waals surface area (Å²) in [5, 5.41) is 2.48. The molecule has 4 rings (SSSR count). The third-order valence-electron chi connectivity index (χ3n) is 5.56. The molecule has 0 atom stereocenters. The number of halogens is 1. The summed E-state index contributed by atoms with van der Waals surface area (Å²) in [5.41, 5.74) is 0.911. The van der Waals surface area contributed by atoms with Gasteiger partial charge in [-0.3, -0.25) is 19.3 Å². The molecule has 0 radical (unpaired) electrons. The molecule has 1 fully saturated rings. The lowest BCUT2D eigenvalue weighted by atomic mass is 9.94. The van der Waals surface area contributed by atoms with E-state index in [1.807, 2.05) is 0 Å². The van der Waals surface area contributed by atoms with Gasteiger partial charge in [-0.05, 0) is 55.3 Å². The summed E-state index contributed by atoms with van der Waals surface area (Å²) >= 11 is 0. The van der Waals surface area contributed by atoms with Gasteiger partial charge >= 0.3 is 5.97 Å². The zero-order chi connectivity index (χ0) is 22.0. The molecule has 0 unspecified atom stereocenters. The quantitative estimate of drug-likeness (QED) is 0.585. The van der Waals surface area contributed by atoms with Crippen molar-refractivity contribution in [1.82, 2.24) is 4.90 Å². The molecule has 2 aliphatic rings. The van der Waals surface area contributed by atoms with Crippen molar-refractivity contribution in [3.63, 3.8) is 0 Å². The number of amides is 3. The van der Waals surface area contributed by atoms with E-state index in [2.05, 4.69) is 5.32 Å². The molecule has 1 N–H and O–H groups in total. The van der Waals surface area contributed by atoms with Crippen LogP contribution in [0.2, 0.25) is 0 Å². The zero-order valence-electron chi connectivity index (χ0n) is 16.7. The third-order valence-corrected chi connectivity index (χ3v) is 5.56. The van der Waals surface area contributed by atoms with Crippen molar-refractivity contribution in [3.05, 3.63) is 65.0 Å². The Labute approximate surface area is 178 Å². The van der Waals surface area contributed by atoms with Crippen LogP contribution >= 0.6 is 0 Å². The van der Waals surface area contributed by atoms with Gasteiger partial charge in [0, 0.05) is 11.7 Å². The van der Waals surface area contributed by atoms with Crippen LogP contribution in [0, 0.1) is 5.82 Å². The van der Waals surface area contributed by atoms with Crippen LogP contribution in [0.1, 0.15) is 63.2 Å². The third kappa shape index (κ3) is 4.33. The lowest BCUT2D eigenvalue weighted by Gasteiger charge is -2.29. The second-order valence-corrected chi connectivity index (χ2v) is 7.66. The molecule has 2 aromatic carbocycles. The summed E-state index contributed by atoms with van der Waals surface area (Å²) in [6.45, 7) is -0.547. The molecular weight excluding hydrogens is 403 g/mol. The summed E-state index contributed by atoms with van der Waals surface area (Å²) < 4.78 is 17.9. The number of fused-ring (bicyclic) bond motifs is 1. The number of hydrogen-bond acceptors (Lipinski definition) is 5. The number of carbonyl (C=O) groups is 4. The standard InChI is InChI=1S/C23H21FN2O5/c24-15-7-9-16(10-8-15)25-20(27)13-31-23(30)14-6-11-18-19(12-14)22(29)26(21(18)28)17-4-2-1-3-5-17/h6-12,17H,1-5,13H2,(H,25,27). The summed E-state index contributed by atoms with van der Waals surface area (Å²) in [5.74, 6) is -2.53. The van der Waals surface area contributed by atoms with E-state index in [1.165, 1.54) is 47.4 Å². The van der Waals surface area contributed by atoms with Crippen LogP contribution in [0.25, 0.3) is 0 Å². The van der Waals surface area contributed by atoms with Crippen LogP contribution < -0.4 is 5.32 Å². The first kappa shape index (κ1) is 20.7. The van der Waals surface area contributed by atoms with Gasteiger partial charge < -0.3 is 10.1 Å². The molecule has 8 heteroatoms. The number of benzene rings is 2. The Morgan fingerprint density at radius 2 is 1.65 bits per heavy atom. The van der Waals surface area contributed by atoms with E-state index in [0.29, 0.717) is 5.69 Å². The maximum absolute atomic E-state index is 12.9. The number of ether oxygens (including phenoxy) is 1. The van der Waals surface area contributed by atoms with E-state index in [9.17, 15) is 23.6 Å². The van der Waals surface area contributed by atoms with E-state index in [0.717, 1.165) is 32.1 Å². The van der Waals surface area contributed by atoms with Crippen LogP contribution in [-0.4, -0.2) is 41.2 Å². The second-order valence-electron chi connectivity index (χ2n) is 7.66. The number of nitrogens with one attached hydrogen (secondary N) is 1. The van der Waals surface area contributed by atoms with Crippen molar-refractivity contribution in [3.8, 4) is 0 Å². The fourth-order valence-electron chi connectivity index (χ4n) is 4.00. The Balaban J connectivity index is 1.40. The predicted octanol–water partition coefficient (Wildman–Crippen LogP) is 3.55. The lowest BCUT2D eigenvalue weighted by molar-refractivity contribution is -0.119. The number of carbonyl (C=O) groups excluding carboxylic acids is 4. The number of hydrogen-bond donors (Lipinski definition) is 1. The number of rotatable bonds is 5. The molecule has 0 spiro atoms. The van der Waals surface area contributed by atoms with Crippen molar-refractivity contribution in [1.29, 1.82) is 0 Å². The van der Waals surface area contributed by atoms with Crippen molar-refractivity contribution in [2.45, 2.75) is 38.1 Å². The normalized spacial score (nSPS) is 16.2. The highest BCUT2D eigenvalue weighted by Gasteiger charge is 2.40. The second kappa shape index (κ2) is 8.67. The molecule has 1 heterocycles. The topological polar surface area (TPSA) is 92.8 Å². The van der Waals surface area contributed by atoms with E-state index in [1.54, 1.807) is 0 Å². The van der Waals surface area contributed by atoms with E-state index < -0.39 is 30.2 Å². The van der Waals surface area contributed by atoms with Gasteiger partial charge in [-0.15, -0.1) is 0 Å². The Hall–Kier alpha value is -3.55. The average Bonchev–Trinajstić information content (AvgIpc) is 3.04. The smallest absolute Gasteiger partial charge is 0.338 e. The summed E-state index contributed by atoms with van der Waals surface area (Å²) in [6, 6.07) is 9.27. The minimum atomic E-state index is -0.784. The largest absolute Gasteiger partial charge is 0.452 e. The molecular formula is C23H21FN2O5. The van der Waals surface area contributed by atoms with E-state index in [4.69, 9.17) is 4.74 Å². The summed E-state index contributed by atoms with van der Waals surface area (Å²) in [4.78, 5) is 51.2. The Morgan fingerprint density at radius 3 is 2.35 bits per heavy atom. The van der Waals surface area contributed by atoms with Crippen LogP contribution in [0.5, 0.6) is 0 Å². The molecule has 3 amide bonds. The molecule has 7 nitrogen and oxygen atoms in total. The van der Waals surface area contributed by atoms with Crippen molar-refractivity contribution < 1.29 is 28.3 Å². The van der Waals surface area contributed by atoms with Gasteiger partial charge in [0.05, 0.1) is 16.7 Å². The average molecular weight is 424 g/mol. The van der Waals surface area contributed by atoms with Crippen LogP contribution in [0.15, 0.2) is 42.5 Å². The number of esters is 1. The highest BCUT2D eigenvalue weighted by molar-refractivity contribution is 6.22. The monoisotopic (exact) mass is 424 g/mol. The lowest BCUT2D eigenvalue weighted by Crippen LogP contribution is -2.40. The number of nitrogens with zero attached hydrogens (tertiary/aromatic N) is 1. The van der Waals surface area contributed by atoms with Gasteiger partial charge in [-0.25, -0.2) is 9.18 Å². The highest BCUT2D eigenvalue weighted by Crippen LogP contribution is 2.31. The van der Waals surface area contributed by atoms with Crippen molar-refractivity contribution in [2.24, 2.45) is 0 Å². The number of anilines is 1. The first-order chi connectivity index (χ1) is 14.9. The molecule has 0 aromatic heterocycles. The van der Waals surface area contributed by atoms with Crippen molar-refractivity contribution in [2.75, 3.05) is 11.9 Å². The molecule has 0 saturated heterocycles. The van der Waals surface area contributed by atoms with Crippen LogP contribution in [-0.2, 0) is 9.53 Å². The van der Waals surface area contributed by atoms with Gasteiger partial charge in [0.25, 0.3) is 17.7 Å². The predicted molar refractivity (Wildman–Crippen MR) is 109 cm³/mol. The van der Waals surface area contributed by atoms with E-state index in [-0.39, 0.29) is 28.6 Å². The molecule has 31 heavy (non-hydrogen) atoms. The molecule has 2 aromatic rings. The Bertz CT molecular complexity index is 1040. The zero-order valence-corrected chi connectivity index (χ0v) is 16.7. The molecule has 1 aliphatic carbocycles. The Morgan fingerprint density at radius 1 is 0.968 bits per heavy atom. The molecule has 1 aliphatic heterocycles. The maximum Gasteiger partial charge on any atom is 0.338 e. The fourth-order valence-corrected chi connectivity index (χ4v) is 4.00. The maximum atomic E-state index is 12.9. The van der Waals surface area contributed by atoms with Gasteiger partial charge in [-0.2, -0.15) is 0 Å². The minimum absolute atomic E-state index is 0.0833.